The number of carboxylic acid groups (broad SMARTS) is 1. The van der Waals surface area contributed by atoms with Gasteiger partial charge in [-0.25, -0.2) is 9.78 Å². The van der Waals surface area contributed by atoms with E-state index in [9.17, 15) is 9.59 Å². The van der Waals surface area contributed by atoms with Gasteiger partial charge < -0.3 is 20.2 Å². The smallest absolute Gasteiger partial charge is 0.317 e. The van der Waals surface area contributed by atoms with E-state index in [1.54, 1.807) is 16.2 Å². The lowest BCUT2D eigenvalue weighted by molar-refractivity contribution is -0.137. The maximum absolute atomic E-state index is 11.9. The van der Waals surface area contributed by atoms with Gasteiger partial charge in [0.2, 0.25) is 0 Å². The van der Waals surface area contributed by atoms with E-state index >= 15 is 0 Å². The summed E-state index contributed by atoms with van der Waals surface area (Å²) in [6.07, 6.45) is 0.539. The molecule has 0 aliphatic carbocycles. The minimum atomic E-state index is -0.836. The van der Waals surface area contributed by atoms with Crippen LogP contribution in [0, 0.1) is 6.92 Å². The molecule has 0 aromatic carbocycles. The highest BCUT2D eigenvalue weighted by molar-refractivity contribution is 7.13. The fourth-order valence-electron chi connectivity index (χ4n) is 2.13. The Morgan fingerprint density at radius 3 is 2.67 bits per heavy atom. The molecule has 0 saturated carbocycles. The maximum atomic E-state index is 11.9. The van der Waals surface area contributed by atoms with Crippen LogP contribution in [0.25, 0.3) is 0 Å². The number of thiazole rings is 1. The number of urea groups is 1. The Labute approximate surface area is 127 Å². The van der Waals surface area contributed by atoms with E-state index in [1.807, 2.05) is 12.3 Å². The monoisotopic (exact) mass is 312 g/mol. The van der Waals surface area contributed by atoms with Gasteiger partial charge in [0.1, 0.15) is 0 Å². The molecule has 116 valence electrons. The van der Waals surface area contributed by atoms with Gasteiger partial charge in [0.25, 0.3) is 0 Å². The second-order valence-electron chi connectivity index (χ2n) is 4.97. The molecule has 2 amide bonds. The molecule has 1 saturated heterocycles. The fourth-order valence-corrected chi connectivity index (χ4v) is 2.99. The molecule has 1 aromatic rings. The molecule has 1 fully saturated rings. The van der Waals surface area contributed by atoms with Crippen molar-refractivity contribution in [2.45, 2.75) is 19.8 Å². The second kappa shape index (κ2) is 7.26. The number of carbonyl (C=O) groups is 2. The van der Waals surface area contributed by atoms with Gasteiger partial charge >= 0.3 is 12.0 Å². The molecule has 0 radical (unpaired) electrons. The van der Waals surface area contributed by atoms with Crippen LogP contribution in [0.15, 0.2) is 5.38 Å². The first-order valence-electron chi connectivity index (χ1n) is 6.98. The average Bonchev–Trinajstić information content (AvgIpc) is 2.90. The minimum absolute atomic E-state index is 0.0808. The van der Waals surface area contributed by atoms with Gasteiger partial charge in [0.05, 0.1) is 5.69 Å². The number of carbonyl (C=O) groups excluding carboxylic acids is 1. The third kappa shape index (κ3) is 4.59. The molecule has 0 atom stereocenters. The number of nitrogens with one attached hydrogen (secondary N) is 1. The molecule has 0 spiro atoms. The number of carboxylic acids is 1. The number of anilines is 1. The Kier molecular flexibility index (Phi) is 5.38. The van der Waals surface area contributed by atoms with Crippen molar-refractivity contribution in [2.24, 2.45) is 0 Å². The van der Waals surface area contributed by atoms with Gasteiger partial charge in [0, 0.05) is 44.5 Å². The van der Waals surface area contributed by atoms with Crippen LogP contribution in [-0.2, 0) is 4.79 Å². The van der Waals surface area contributed by atoms with Crippen molar-refractivity contribution in [3.05, 3.63) is 11.1 Å². The number of aliphatic carboxylic acids is 1. The maximum Gasteiger partial charge on any atom is 0.317 e. The molecule has 0 unspecified atom stereocenters. The van der Waals surface area contributed by atoms with Crippen LogP contribution in [0.1, 0.15) is 18.5 Å². The van der Waals surface area contributed by atoms with Crippen molar-refractivity contribution in [1.29, 1.82) is 0 Å². The Balaban J connectivity index is 1.70. The molecular formula is C13H20N4O3S. The van der Waals surface area contributed by atoms with E-state index in [1.165, 1.54) is 0 Å². The van der Waals surface area contributed by atoms with Crippen LogP contribution >= 0.6 is 11.3 Å². The standard InChI is InChI=1S/C13H20N4O3S/c1-10-9-21-13(15-10)17-7-5-16(6-8-17)12(20)14-4-2-3-11(18)19/h9H,2-8H2,1H3,(H,14,20)(H,18,19). The van der Waals surface area contributed by atoms with E-state index < -0.39 is 5.97 Å². The van der Waals surface area contributed by atoms with Crippen molar-refractivity contribution in [1.82, 2.24) is 15.2 Å². The molecule has 2 rings (SSSR count). The Morgan fingerprint density at radius 1 is 1.38 bits per heavy atom. The van der Waals surface area contributed by atoms with E-state index in [0.29, 0.717) is 26.1 Å². The van der Waals surface area contributed by atoms with Gasteiger partial charge in [-0.05, 0) is 13.3 Å². The third-order valence-corrected chi connectivity index (χ3v) is 4.31. The van der Waals surface area contributed by atoms with Crippen molar-refractivity contribution < 1.29 is 14.7 Å². The summed E-state index contributed by atoms with van der Waals surface area (Å²) in [7, 11) is 0. The van der Waals surface area contributed by atoms with E-state index in [2.05, 4.69) is 15.2 Å². The summed E-state index contributed by atoms with van der Waals surface area (Å²) in [5.41, 5.74) is 1.02. The lowest BCUT2D eigenvalue weighted by Crippen LogP contribution is -2.52. The zero-order valence-electron chi connectivity index (χ0n) is 12.0. The Bertz CT molecular complexity index is 497. The number of piperazine rings is 1. The number of hydrogen-bond donors (Lipinski definition) is 2. The summed E-state index contributed by atoms with van der Waals surface area (Å²) < 4.78 is 0. The highest BCUT2D eigenvalue weighted by Crippen LogP contribution is 2.21. The van der Waals surface area contributed by atoms with Crippen LogP contribution in [0.2, 0.25) is 0 Å². The zero-order chi connectivity index (χ0) is 15.2. The first-order chi connectivity index (χ1) is 10.1. The largest absolute Gasteiger partial charge is 0.481 e. The van der Waals surface area contributed by atoms with Gasteiger partial charge in [-0.3, -0.25) is 4.79 Å². The number of aromatic nitrogens is 1. The SMILES string of the molecule is Cc1csc(N2CCN(C(=O)NCCCC(=O)O)CC2)n1. The summed E-state index contributed by atoms with van der Waals surface area (Å²) in [6, 6.07) is -0.115. The molecular weight excluding hydrogens is 292 g/mol. The first kappa shape index (κ1) is 15.6. The van der Waals surface area contributed by atoms with Crippen LogP contribution in [0.4, 0.5) is 9.93 Å². The normalized spacial score (nSPS) is 15.1. The topological polar surface area (TPSA) is 85.8 Å². The number of hydrogen-bond acceptors (Lipinski definition) is 5. The van der Waals surface area contributed by atoms with Crippen molar-refractivity contribution >= 4 is 28.5 Å². The van der Waals surface area contributed by atoms with Crippen LogP contribution in [0.5, 0.6) is 0 Å². The number of amides is 2. The van der Waals surface area contributed by atoms with Crippen LogP contribution in [-0.4, -0.2) is 59.7 Å². The van der Waals surface area contributed by atoms with Gasteiger partial charge in [0.15, 0.2) is 5.13 Å². The van der Waals surface area contributed by atoms with E-state index in [-0.39, 0.29) is 12.5 Å². The quantitative estimate of drug-likeness (QED) is 0.797. The van der Waals surface area contributed by atoms with Crippen LogP contribution < -0.4 is 10.2 Å². The highest BCUT2D eigenvalue weighted by Gasteiger charge is 2.22. The third-order valence-electron chi connectivity index (χ3n) is 3.29. The summed E-state index contributed by atoms with van der Waals surface area (Å²) >= 11 is 1.63. The van der Waals surface area contributed by atoms with Crippen molar-refractivity contribution in [3.63, 3.8) is 0 Å². The number of aryl methyl sites for hydroxylation is 1. The predicted octanol–water partition coefficient (Wildman–Crippen LogP) is 1.15. The summed E-state index contributed by atoms with van der Waals surface area (Å²) in [5, 5.41) is 14.3. The summed E-state index contributed by atoms with van der Waals surface area (Å²) in [5.74, 6) is -0.836. The summed E-state index contributed by atoms with van der Waals surface area (Å²) in [4.78, 5) is 30.7. The van der Waals surface area contributed by atoms with Crippen molar-refractivity contribution in [3.8, 4) is 0 Å². The molecule has 7 nitrogen and oxygen atoms in total. The molecule has 1 aromatic heterocycles. The van der Waals surface area contributed by atoms with Crippen molar-refractivity contribution in [2.75, 3.05) is 37.6 Å². The lowest BCUT2D eigenvalue weighted by atomic mass is 10.3. The molecule has 21 heavy (non-hydrogen) atoms. The number of rotatable bonds is 5. The summed E-state index contributed by atoms with van der Waals surface area (Å²) in [6.45, 7) is 5.23. The average molecular weight is 312 g/mol. The highest BCUT2D eigenvalue weighted by atomic mass is 32.1. The fraction of sp³-hybridized carbons (Fsp3) is 0.615. The van der Waals surface area contributed by atoms with E-state index in [0.717, 1.165) is 23.9 Å². The minimum Gasteiger partial charge on any atom is -0.481 e. The van der Waals surface area contributed by atoms with E-state index in [4.69, 9.17) is 5.11 Å². The van der Waals surface area contributed by atoms with Gasteiger partial charge in [-0.15, -0.1) is 11.3 Å². The number of nitrogens with zero attached hydrogens (tertiary/aromatic N) is 3. The molecule has 2 N–H and O–H groups in total. The molecule has 2 heterocycles. The zero-order valence-corrected chi connectivity index (χ0v) is 12.9. The molecule has 0 bridgehead atoms. The Hall–Kier alpha value is -1.83. The molecule has 1 aliphatic rings. The molecule has 1 aliphatic heterocycles. The lowest BCUT2D eigenvalue weighted by Gasteiger charge is -2.34. The van der Waals surface area contributed by atoms with Gasteiger partial charge in [-0.1, -0.05) is 0 Å². The first-order valence-corrected chi connectivity index (χ1v) is 7.86. The van der Waals surface area contributed by atoms with Gasteiger partial charge in [-0.2, -0.15) is 0 Å². The second-order valence-corrected chi connectivity index (χ2v) is 5.81. The predicted molar refractivity (Wildman–Crippen MR) is 80.9 cm³/mol. The Morgan fingerprint density at radius 2 is 2.10 bits per heavy atom. The molecule has 8 heteroatoms. The van der Waals surface area contributed by atoms with Crippen LogP contribution in [0.3, 0.4) is 0 Å².